The minimum absolute atomic E-state index is 0. The van der Waals surface area contributed by atoms with Crippen molar-refractivity contribution >= 4 is 35.8 Å². The van der Waals surface area contributed by atoms with Crippen LogP contribution in [0.15, 0.2) is 52.1 Å². The number of likely N-dealkylation sites (tertiary alicyclic amines) is 1. The number of halogens is 2. The lowest BCUT2D eigenvalue weighted by Gasteiger charge is -2.24. The lowest BCUT2D eigenvalue weighted by atomic mass is 10.1. The molecule has 0 saturated carbocycles. The fourth-order valence-corrected chi connectivity index (χ4v) is 3.72. The molecular weight excluding hydrogens is 524 g/mol. The Kier molecular flexibility index (Phi) is 11.5. The van der Waals surface area contributed by atoms with E-state index in [1.54, 1.807) is 18.4 Å². The van der Waals surface area contributed by atoms with Gasteiger partial charge in [-0.2, -0.15) is 0 Å². The van der Waals surface area contributed by atoms with E-state index >= 15 is 0 Å². The number of hydrogen-bond donors (Lipinski definition) is 3. The fourth-order valence-electron chi connectivity index (χ4n) is 3.72. The van der Waals surface area contributed by atoms with Crippen LogP contribution in [0.2, 0.25) is 0 Å². The van der Waals surface area contributed by atoms with Gasteiger partial charge in [0.25, 0.3) is 0 Å². The summed E-state index contributed by atoms with van der Waals surface area (Å²) in [5.41, 5.74) is 0.659. The molecular formula is C23H33FIN5O2. The van der Waals surface area contributed by atoms with Gasteiger partial charge in [-0.1, -0.05) is 12.1 Å². The molecule has 1 atom stereocenters. The third-order valence-corrected chi connectivity index (χ3v) is 5.21. The SMILES string of the molecule is CCNC(=NCC(c1ccco1)N1CCCC1)NCCNC(=O)Cc1cccc(F)c1.I. The molecule has 1 amide bonds. The molecule has 0 spiro atoms. The summed E-state index contributed by atoms with van der Waals surface area (Å²) in [4.78, 5) is 19.2. The van der Waals surface area contributed by atoms with E-state index in [0.29, 0.717) is 31.2 Å². The molecule has 3 N–H and O–H groups in total. The van der Waals surface area contributed by atoms with Gasteiger partial charge in [0.15, 0.2) is 5.96 Å². The van der Waals surface area contributed by atoms with E-state index in [0.717, 1.165) is 25.4 Å². The average Bonchev–Trinajstić information content (AvgIpc) is 3.46. The lowest BCUT2D eigenvalue weighted by molar-refractivity contribution is -0.120. The van der Waals surface area contributed by atoms with Crippen molar-refractivity contribution in [2.24, 2.45) is 4.99 Å². The molecule has 1 saturated heterocycles. The van der Waals surface area contributed by atoms with E-state index in [1.165, 1.54) is 25.0 Å². The van der Waals surface area contributed by atoms with Crippen molar-refractivity contribution < 1.29 is 13.6 Å². The highest BCUT2D eigenvalue weighted by Crippen LogP contribution is 2.25. The molecule has 0 aliphatic carbocycles. The van der Waals surface area contributed by atoms with Crippen LogP contribution < -0.4 is 16.0 Å². The Morgan fingerprint density at radius 1 is 1.16 bits per heavy atom. The summed E-state index contributed by atoms with van der Waals surface area (Å²) in [5, 5.41) is 9.35. The third kappa shape index (κ3) is 8.42. The van der Waals surface area contributed by atoms with Gasteiger partial charge < -0.3 is 20.4 Å². The first kappa shape index (κ1) is 26.1. The maximum atomic E-state index is 13.2. The molecule has 7 nitrogen and oxygen atoms in total. The van der Waals surface area contributed by atoms with Crippen molar-refractivity contribution in [2.75, 3.05) is 39.3 Å². The molecule has 32 heavy (non-hydrogen) atoms. The van der Waals surface area contributed by atoms with Crippen molar-refractivity contribution in [3.8, 4) is 0 Å². The zero-order valence-corrected chi connectivity index (χ0v) is 20.8. The first-order valence-corrected chi connectivity index (χ1v) is 11.0. The molecule has 1 aliphatic rings. The van der Waals surface area contributed by atoms with Crippen molar-refractivity contribution in [1.82, 2.24) is 20.9 Å². The topological polar surface area (TPSA) is 81.9 Å². The van der Waals surface area contributed by atoms with Crippen LogP contribution in [0.3, 0.4) is 0 Å². The van der Waals surface area contributed by atoms with Crippen molar-refractivity contribution in [3.63, 3.8) is 0 Å². The van der Waals surface area contributed by atoms with Gasteiger partial charge >= 0.3 is 0 Å². The van der Waals surface area contributed by atoms with E-state index in [1.807, 2.05) is 19.1 Å². The van der Waals surface area contributed by atoms with Crippen LogP contribution in [0, 0.1) is 5.82 Å². The van der Waals surface area contributed by atoms with Crippen LogP contribution in [-0.4, -0.2) is 56.0 Å². The molecule has 1 aliphatic heterocycles. The summed E-state index contributed by atoms with van der Waals surface area (Å²) in [6, 6.07) is 10.1. The molecule has 1 fully saturated rings. The molecule has 9 heteroatoms. The van der Waals surface area contributed by atoms with Crippen LogP contribution >= 0.6 is 24.0 Å². The standard InChI is InChI=1S/C23H32FN5O2.HI/c1-2-25-23(27-11-10-26-22(30)16-18-7-5-8-19(24)15-18)28-17-20(21-9-6-14-31-21)29-12-3-4-13-29;/h5-9,14-15,20H,2-4,10-13,16-17H2,1H3,(H,26,30)(H2,25,27,28);1H. The van der Waals surface area contributed by atoms with E-state index in [9.17, 15) is 9.18 Å². The summed E-state index contributed by atoms with van der Waals surface area (Å²) >= 11 is 0. The summed E-state index contributed by atoms with van der Waals surface area (Å²) < 4.78 is 18.9. The fraction of sp³-hybridized carbons (Fsp3) is 0.478. The first-order chi connectivity index (χ1) is 15.2. The van der Waals surface area contributed by atoms with Gasteiger partial charge in [-0.15, -0.1) is 24.0 Å². The number of guanidine groups is 1. The number of nitrogens with zero attached hydrogens (tertiary/aromatic N) is 2. The van der Waals surface area contributed by atoms with Gasteiger partial charge in [-0.3, -0.25) is 14.7 Å². The quantitative estimate of drug-likeness (QED) is 0.181. The minimum atomic E-state index is -0.333. The third-order valence-electron chi connectivity index (χ3n) is 5.21. The summed E-state index contributed by atoms with van der Waals surface area (Å²) in [7, 11) is 0. The van der Waals surface area contributed by atoms with Crippen LogP contribution in [0.4, 0.5) is 4.39 Å². The van der Waals surface area contributed by atoms with Gasteiger partial charge in [0.05, 0.1) is 25.3 Å². The minimum Gasteiger partial charge on any atom is -0.468 e. The van der Waals surface area contributed by atoms with Gasteiger partial charge in [0.2, 0.25) is 5.91 Å². The Morgan fingerprint density at radius 2 is 1.94 bits per heavy atom. The van der Waals surface area contributed by atoms with Crippen LogP contribution in [0.1, 0.15) is 37.1 Å². The molecule has 0 radical (unpaired) electrons. The summed E-state index contributed by atoms with van der Waals surface area (Å²) in [6.45, 7) is 6.46. The number of rotatable bonds is 10. The number of furan rings is 1. The number of carbonyl (C=O) groups is 1. The van der Waals surface area contributed by atoms with Crippen LogP contribution in [-0.2, 0) is 11.2 Å². The van der Waals surface area contributed by atoms with Crippen molar-refractivity contribution in [2.45, 2.75) is 32.2 Å². The molecule has 1 aromatic heterocycles. The Morgan fingerprint density at radius 3 is 2.62 bits per heavy atom. The molecule has 1 aromatic carbocycles. The number of aliphatic imine (C=N–C) groups is 1. The second kappa shape index (κ2) is 14.1. The zero-order valence-electron chi connectivity index (χ0n) is 18.5. The Hall–Kier alpha value is -2.14. The monoisotopic (exact) mass is 557 g/mol. The maximum absolute atomic E-state index is 13.2. The largest absolute Gasteiger partial charge is 0.468 e. The average molecular weight is 557 g/mol. The molecule has 3 rings (SSSR count). The molecule has 1 unspecified atom stereocenters. The molecule has 2 aromatic rings. The zero-order chi connectivity index (χ0) is 21.9. The van der Waals surface area contributed by atoms with Crippen LogP contribution in [0.25, 0.3) is 0 Å². The maximum Gasteiger partial charge on any atom is 0.224 e. The van der Waals surface area contributed by atoms with Gasteiger partial charge in [0, 0.05) is 19.6 Å². The molecule has 2 heterocycles. The predicted octanol–water partition coefficient (Wildman–Crippen LogP) is 3.09. The van der Waals surface area contributed by atoms with Crippen molar-refractivity contribution in [1.29, 1.82) is 0 Å². The molecule has 0 bridgehead atoms. The second-order valence-corrected chi connectivity index (χ2v) is 7.58. The van der Waals surface area contributed by atoms with E-state index in [-0.39, 0.29) is 48.2 Å². The lowest BCUT2D eigenvalue weighted by Crippen LogP contribution is -2.42. The van der Waals surface area contributed by atoms with E-state index < -0.39 is 0 Å². The Bertz CT molecular complexity index is 841. The normalized spacial score (nSPS) is 15.1. The Labute approximate surface area is 206 Å². The summed E-state index contributed by atoms with van der Waals surface area (Å²) in [5.74, 6) is 1.17. The van der Waals surface area contributed by atoms with Crippen molar-refractivity contribution in [3.05, 3.63) is 59.8 Å². The van der Waals surface area contributed by atoms with E-state index in [4.69, 9.17) is 9.41 Å². The second-order valence-electron chi connectivity index (χ2n) is 7.58. The smallest absolute Gasteiger partial charge is 0.224 e. The number of hydrogen-bond acceptors (Lipinski definition) is 4. The number of amides is 1. The number of nitrogens with one attached hydrogen (secondary N) is 3. The number of carbonyl (C=O) groups excluding carboxylic acids is 1. The molecule has 176 valence electrons. The Balaban J connectivity index is 0.00000363. The first-order valence-electron chi connectivity index (χ1n) is 11.0. The highest BCUT2D eigenvalue weighted by atomic mass is 127. The highest BCUT2D eigenvalue weighted by molar-refractivity contribution is 14.0. The van der Waals surface area contributed by atoms with Gasteiger partial charge in [0.1, 0.15) is 11.6 Å². The summed E-state index contributed by atoms with van der Waals surface area (Å²) in [6.07, 6.45) is 4.27. The van der Waals surface area contributed by atoms with Gasteiger partial charge in [-0.25, -0.2) is 4.39 Å². The van der Waals surface area contributed by atoms with Gasteiger partial charge in [-0.05, 0) is 62.7 Å². The number of benzene rings is 1. The van der Waals surface area contributed by atoms with Crippen LogP contribution in [0.5, 0.6) is 0 Å². The predicted molar refractivity (Wildman–Crippen MR) is 135 cm³/mol. The van der Waals surface area contributed by atoms with E-state index in [2.05, 4.69) is 20.9 Å². The highest BCUT2D eigenvalue weighted by Gasteiger charge is 2.25.